The first-order chi connectivity index (χ1) is 15.9. The summed E-state index contributed by atoms with van der Waals surface area (Å²) in [6.45, 7) is 1.18. The second-order valence-electron chi connectivity index (χ2n) is 7.61. The van der Waals surface area contributed by atoms with Crippen molar-refractivity contribution in [3.05, 3.63) is 89.4 Å². The van der Waals surface area contributed by atoms with E-state index < -0.39 is 18.4 Å². The van der Waals surface area contributed by atoms with Gasteiger partial charge in [-0.05, 0) is 31.2 Å². The van der Waals surface area contributed by atoms with Crippen molar-refractivity contribution in [1.29, 1.82) is 5.26 Å². The van der Waals surface area contributed by atoms with E-state index in [1.165, 1.54) is 0 Å². The van der Waals surface area contributed by atoms with Gasteiger partial charge in [-0.3, -0.25) is 9.78 Å². The van der Waals surface area contributed by atoms with E-state index in [-0.39, 0.29) is 11.1 Å². The number of hydrogen-bond acceptors (Lipinski definition) is 7. The Hall–Kier alpha value is -4.44. The van der Waals surface area contributed by atoms with Gasteiger partial charge >= 0.3 is 5.97 Å². The minimum atomic E-state index is -0.660. The van der Waals surface area contributed by atoms with Crippen molar-refractivity contribution < 1.29 is 14.3 Å². The summed E-state index contributed by atoms with van der Waals surface area (Å²) in [5.74, 6) is -0.782. The standard InChI is InChI=1S/C26H22N4O3/c1-17-19(13-14-21(28-17)18-9-5-4-6-10-18)26(32)33-16-24(31)20(15-27)25-29(2)22-11-7-8-12-23(22)30(25)3/h4-14H,16H2,1-3H3. The molecule has 33 heavy (non-hydrogen) atoms. The fourth-order valence-corrected chi connectivity index (χ4v) is 3.88. The number of aryl methyl sites for hydroxylation is 1. The van der Waals surface area contributed by atoms with Gasteiger partial charge in [0.05, 0.1) is 28.3 Å². The monoisotopic (exact) mass is 438 g/mol. The normalized spacial score (nSPS) is 12.2. The molecule has 7 nitrogen and oxygen atoms in total. The summed E-state index contributed by atoms with van der Waals surface area (Å²) in [7, 11) is 3.58. The van der Waals surface area contributed by atoms with E-state index in [1.807, 2.05) is 60.7 Å². The van der Waals surface area contributed by atoms with Gasteiger partial charge in [-0.2, -0.15) is 5.26 Å². The molecule has 0 unspecified atom stereocenters. The Kier molecular flexibility index (Phi) is 5.92. The quantitative estimate of drug-likeness (QED) is 0.337. The van der Waals surface area contributed by atoms with E-state index in [0.717, 1.165) is 22.6 Å². The maximum atomic E-state index is 12.8. The number of pyridine rings is 1. The third kappa shape index (κ3) is 4.06. The second kappa shape index (κ2) is 8.97. The number of hydrogen-bond donors (Lipinski definition) is 0. The van der Waals surface area contributed by atoms with Crippen LogP contribution in [-0.2, 0) is 9.53 Å². The summed E-state index contributed by atoms with van der Waals surface area (Å²) < 4.78 is 5.26. The van der Waals surface area contributed by atoms with Crippen LogP contribution in [0.5, 0.6) is 0 Å². The predicted molar refractivity (Wildman–Crippen MR) is 126 cm³/mol. The molecule has 0 bridgehead atoms. The molecule has 0 saturated carbocycles. The molecule has 0 atom stereocenters. The second-order valence-corrected chi connectivity index (χ2v) is 7.61. The van der Waals surface area contributed by atoms with Crippen molar-refractivity contribution in [3.63, 3.8) is 0 Å². The van der Waals surface area contributed by atoms with Crippen molar-refractivity contribution in [2.45, 2.75) is 6.92 Å². The van der Waals surface area contributed by atoms with Crippen LogP contribution in [0.3, 0.4) is 0 Å². The van der Waals surface area contributed by atoms with E-state index in [0.29, 0.717) is 11.5 Å². The van der Waals surface area contributed by atoms with Gasteiger partial charge in [-0.25, -0.2) is 4.79 Å². The topological polar surface area (TPSA) is 86.5 Å². The molecular weight excluding hydrogens is 416 g/mol. The van der Waals surface area contributed by atoms with Crippen LogP contribution < -0.4 is 9.80 Å². The predicted octanol–water partition coefficient (Wildman–Crippen LogP) is 4.10. The maximum absolute atomic E-state index is 12.8. The van der Waals surface area contributed by atoms with E-state index in [4.69, 9.17) is 4.74 Å². The molecule has 7 heteroatoms. The average Bonchev–Trinajstić information content (AvgIpc) is 3.09. The Bertz CT molecular complexity index is 1280. The van der Waals surface area contributed by atoms with E-state index >= 15 is 0 Å². The molecule has 0 aliphatic carbocycles. The van der Waals surface area contributed by atoms with Crippen molar-refractivity contribution in [1.82, 2.24) is 4.98 Å². The van der Waals surface area contributed by atoms with Gasteiger partial charge in [-0.15, -0.1) is 0 Å². The number of ether oxygens (including phenoxy) is 1. The van der Waals surface area contributed by atoms with Gasteiger partial charge in [0.15, 0.2) is 6.61 Å². The number of esters is 1. The Morgan fingerprint density at radius 2 is 1.55 bits per heavy atom. The Balaban J connectivity index is 1.50. The van der Waals surface area contributed by atoms with Gasteiger partial charge in [0.25, 0.3) is 0 Å². The Labute approximate surface area is 192 Å². The number of carbonyl (C=O) groups is 2. The van der Waals surface area contributed by atoms with Crippen molar-refractivity contribution in [2.24, 2.45) is 0 Å². The number of carbonyl (C=O) groups excluding carboxylic acids is 2. The fraction of sp³-hybridized carbons (Fsp3) is 0.154. The zero-order chi connectivity index (χ0) is 23.5. The summed E-state index contributed by atoms with van der Waals surface area (Å²) >= 11 is 0. The SMILES string of the molecule is Cc1nc(-c2ccccc2)ccc1C(=O)OCC(=O)C(C#N)=C1N(C)c2ccccc2N1C. The van der Waals surface area contributed by atoms with Crippen LogP contribution in [0.15, 0.2) is 78.1 Å². The van der Waals surface area contributed by atoms with Crippen LogP contribution >= 0.6 is 0 Å². The van der Waals surface area contributed by atoms with Gasteiger partial charge < -0.3 is 14.5 Å². The number of Topliss-reactive ketones (excluding diaryl/α,β-unsaturated/α-hetero) is 1. The number of anilines is 2. The lowest BCUT2D eigenvalue weighted by Crippen LogP contribution is -2.28. The number of nitriles is 1. The van der Waals surface area contributed by atoms with E-state index in [9.17, 15) is 14.9 Å². The molecular formula is C26H22N4O3. The largest absolute Gasteiger partial charge is 0.454 e. The number of para-hydroxylation sites is 2. The molecule has 0 amide bonds. The highest BCUT2D eigenvalue weighted by molar-refractivity contribution is 6.04. The van der Waals surface area contributed by atoms with E-state index in [2.05, 4.69) is 4.98 Å². The zero-order valence-electron chi connectivity index (χ0n) is 18.6. The number of benzene rings is 2. The average molecular weight is 438 g/mol. The van der Waals surface area contributed by atoms with Crippen molar-refractivity contribution in [2.75, 3.05) is 30.5 Å². The van der Waals surface area contributed by atoms with Gasteiger partial charge in [-0.1, -0.05) is 42.5 Å². The molecule has 4 rings (SSSR count). The van der Waals surface area contributed by atoms with Crippen molar-refractivity contribution >= 4 is 23.1 Å². The van der Waals surface area contributed by atoms with Crippen LogP contribution in [0.2, 0.25) is 0 Å². The molecule has 1 aliphatic heterocycles. The van der Waals surface area contributed by atoms with E-state index in [1.54, 1.807) is 43.0 Å². The Morgan fingerprint density at radius 1 is 0.939 bits per heavy atom. The molecule has 0 spiro atoms. The molecule has 164 valence electrons. The van der Waals surface area contributed by atoms with Crippen LogP contribution in [0.25, 0.3) is 11.3 Å². The molecule has 0 fully saturated rings. The Morgan fingerprint density at radius 3 is 2.12 bits per heavy atom. The highest BCUT2D eigenvalue weighted by Gasteiger charge is 2.31. The van der Waals surface area contributed by atoms with Crippen LogP contribution in [0.4, 0.5) is 11.4 Å². The van der Waals surface area contributed by atoms with Gasteiger partial charge in [0.2, 0.25) is 5.78 Å². The molecule has 0 radical (unpaired) electrons. The zero-order valence-corrected chi connectivity index (χ0v) is 18.6. The number of nitrogens with zero attached hydrogens (tertiary/aromatic N) is 4. The molecule has 3 aromatic rings. The highest BCUT2D eigenvalue weighted by atomic mass is 16.5. The first kappa shape index (κ1) is 21.8. The minimum Gasteiger partial charge on any atom is -0.454 e. The lowest BCUT2D eigenvalue weighted by Gasteiger charge is -2.19. The summed E-state index contributed by atoms with van der Waals surface area (Å²) in [5.41, 5.74) is 4.14. The number of aromatic nitrogens is 1. The lowest BCUT2D eigenvalue weighted by molar-refractivity contribution is -0.118. The summed E-state index contributed by atoms with van der Waals surface area (Å²) in [4.78, 5) is 33.5. The maximum Gasteiger partial charge on any atom is 0.340 e. The van der Waals surface area contributed by atoms with Crippen LogP contribution in [0, 0.1) is 18.3 Å². The van der Waals surface area contributed by atoms with Gasteiger partial charge in [0.1, 0.15) is 17.5 Å². The molecule has 1 aromatic heterocycles. The first-order valence-corrected chi connectivity index (χ1v) is 10.4. The first-order valence-electron chi connectivity index (χ1n) is 10.4. The lowest BCUT2D eigenvalue weighted by atomic mass is 10.1. The van der Waals surface area contributed by atoms with Crippen molar-refractivity contribution in [3.8, 4) is 17.3 Å². The highest BCUT2D eigenvalue weighted by Crippen LogP contribution is 2.40. The van der Waals surface area contributed by atoms with Crippen LogP contribution in [0.1, 0.15) is 16.1 Å². The summed E-state index contributed by atoms with van der Waals surface area (Å²) in [6.07, 6.45) is 0. The minimum absolute atomic E-state index is 0.0710. The molecule has 1 aliphatic rings. The molecule has 0 saturated heterocycles. The summed E-state index contributed by atoms with van der Waals surface area (Å²) in [5, 5.41) is 9.70. The summed E-state index contributed by atoms with van der Waals surface area (Å²) in [6, 6.07) is 22.6. The number of ketones is 1. The molecule has 2 heterocycles. The molecule has 2 aromatic carbocycles. The van der Waals surface area contributed by atoms with Gasteiger partial charge in [0, 0.05) is 19.7 Å². The fourth-order valence-electron chi connectivity index (χ4n) is 3.88. The van der Waals surface area contributed by atoms with Crippen LogP contribution in [-0.4, -0.2) is 37.4 Å². The number of fused-ring (bicyclic) bond motifs is 1. The third-order valence-corrected chi connectivity index (χ3v) is 5.56. The number of rotatable bonds is 5. The third-order valence-electron chi connectivity index (χ3n) is 5.56. The smallest absolute Gasteiger partial charge is 0.340 e. The molecule has 0 N–H and O–H groups in total.